The largest absolute Gasteiger partial charge is 0.459 e. The molecule has 0 saturated carbocycles. The van der Waals surface area contributed by atoms with Gasteiger partial charge in [0.25, 0.3) is 10.0 Å². The average Bonchev–Trinajstić information content (AvgIpc) is 2.96. The van der Waals surface area contributed by atoms with E-state index in [1.165, 1.54) is 17.7 Å². The van der Waals surface area contributed by atoms with Crippen molar-refractivity contribution in [3.05, 3.63) is 77.4 Å². The van der Waals surface area contributed by atoms with Gasteiger partial charge in [0, 0.05) is 19.4 Å². The summed E-state index contributed by atoms with van der Waals surface area (Å²) in [6.45, 7) is 4.41. The van der Waals surface area contributed by atoms with Gasteiger partial charge in [0.1, 0.15) is 12.0 Å². The maximum Gasteiger partial charge on any atom is 0.459 e. The van der Waals surface area contributed by atoms with Gasteiger partial charge in [-0.1, -0.05) is 62.4 Å². The summed E-state index contributed by atoms with van der Waals surface area (Å²) in [7, 11) is -18.5. The van der Waals surface area contributed by atoms with Crippen LogP contribution in [0.4, 0.5) is 17.6 Å². The zero-order chi connectivity index (χ0) is 34.6. The van der Waals surface area contributed by atoms with Crippen LogP contribution in [0.3, 0.4) is 0 Å². The number of sulfonamides is 2. The van der Waals surface area contributed by atoms with Gasteiger partial charge < -0.3 is 13.7 Å². The predicted octanol–water partition coefficient (Wildman–Crippen LogP) is 5.41. The molecule has 10 nitrogen and oxygen atoms in total. The van der Waals surface area contributed by atoms with Gasteiger partial charge in [0.15, 0.2) is 0 Å². The molecular formula is C29H33F4NO9S3. The third-order valence-corrected chi connectivity index (χ3v) is 11.5. The number of fused-ring (bicyclic) bond motifs is 1. The van der Waals surface area contributed by atoms with Gasteiger partial charge in [-0.25, -0.2) is 16.8 Å². The summed E-state index contributed by atoms with van der Waals surface area (Å²) in [5.41, 5.74) is 2.48. The fraction of sp³-hybridized carbons (Fsp3) is 0.414. The fourth-order valence-electron chi connectivity index (χ4n) is 4.33. The number of halogens is 4. The molecule has 0 aliphatic rings. The van der Waals surface area contributed by atoms with Crippen LogP contribution in [0.5, 0.6) is 5.75 Å². The van der Waals surface area contributed by atoms with Crippen molar-refractivity contribution in [3.63, 3.8) is 0 Å². The van der Waals surface area contributed by atoms with Crippen LogP contribution in [0.1, 0.15) is 61.8 Å². The molecule has 0 aromatic heterocycles. The van der Waals surface area contributed by atoms with Crippen LogP contribution in [-0.2, 0) is 46.1 Å². The maximum absolute atomic E-state index is 14.5. The summed E-state index contributed by atoms with van der Waals surface area (Å²) in [6.07, 6.45) is 2.07. The Morgan fingerprint density at radius 2 is 1.43 bits per heavy atom. The molecular weight excluding hydrogens is 679 g/mol. The van der Waals surface area contributed by atoms with Gasteiger partial charge in [-0.3, -0.25) is 0 Å². The molecule has 254 valence electrons. The van der Waals surface area contributed by atoms with Crippen LogP contribution in [0.15, 0.2) is 60.7 Å². The lowest BCUT2D eigenvalue weighted by Gasteiger charge is -2.25. The summed E-state index contributed by atoms with van der Waals surface area (Å²) in [5.74, 6) is -0.474. The van der Waals surface area contributed by atoms with E-state index in [2.05, 4.69) is 30.2 Å². The average molecular weight is 712 g/mol. The Morgan fingerprint density at radius 1 is 0.848 bits per heavy atom. The summed E-state index contributed by atoms with van der Waals surface area (Å²) < 4.78 is 138. The van der Waals surface area contributed by atoms with Crippen molar-refractivity contribution in [3.8, 4) is 5.75 Å². The Morgan fingerprint density at radius 3 is 2.02 bits per heavy atom. The second-order valence-electron chi connectivity index (χ2n) is 10.6. The number of ether oxygens (including phenoxy) is 1. The van der Waals surface area contributed by atoms with E-state index in [1.54, 1.807) is 0 Å². The number of carbonyl (C=O) groups is 1. The number of carbonyl (C=O) groups excluding carboxylic acids is 1. The summed E-state index contributed by atoms with van der Waals surface area (Å²) in [5, 5.41) is -10.8. The van der Waals surface area contributed by atoms with Crippen LogP contribution >= 0.6 is 0 Å². The smallest absolute Gasteiger partial charge is 0.378 e. The van der Waals surface area contributed by atoms with Crippen LogP contribution in [0.25, 0.3) is 10.8 Å². The number of unbranched alkanes of at least 4 members (excludes halogenated alkanes) is 1. The van der Waals surface area contributed by atoms with Crippen molar-refractivity contribution in [2.75, 3.05) is 12.9 Å². The summed E-state index contributed by atoms with van der Waals surface area (Å²) in [6, 6.07) is 16.3. The minimum Gasteiger partial charge on any atom is -0.378 e. The summed E-state index contributed by atoms with van der Waals surface area (Å²) in [4.78, 5) is 10.7. The fourth-order valence-corrected chi connectivity index (χ4v) is 8.05. The zero-order valence-corrected chi connectivity index (χ0v) is 27.4. The molecule has 0 heterocycles. The molecule has 0 amide bonds. The van der Waals surface area contributed by atoms with Crippen LogP contribution in [0, 0.1) is 0 Å². The molecule has 3 aromatic rings. The van der Waals surface area contributed by atoms with Crippen molar-refractivity contribution >= 4 is 47.2 Å². The van der Waals surface area contributed by atoms with E-state index in [4.69, 9.17) is 4.74 Å². The van der Waals surface area contributed by atoms with Crippen LogP contribution < -0.4 is 8.31 Å². The lowest BCUT2D eigenvalue weighted by Crippen LogP contribution is -2.57. The third-order valence-electron chi connectivity index (χ3n) is 7.03. The molecule has 17 heteroatoms. The lowest BCUT2D eigenvalue weighted by atomic mass is 9.94. The van der Waals surface area contributed by atoms with E-state index in [1.807, 2.05) is 24.3 Å². The van der Waals surface area contributed by atoms with Crippen molar-refractivity contribution in [1.29, 1.82) is 0 Å². The zero-order valence-electron chi connectivity index (χ0n) is 25.0. The second-order valence-corrected chi connectivity index (χ2v) is 15.9. The molecule has 0 spiro atoms. The number of alkyl halides is 4. The van der Waals surface area contributed by atoms with Gasteiger partial charge in [-0.2, -0.15) is 26.0 Å². The van der Waals surface area contributed by atoms with Gasteiger partial charge in [0.2, 0.25) is 10.0 Å². The van der Waals surface area contributed by atoms with E-state index in [-0.39, 0.29) is 19.3 Å². The van der Waals surface area contributed by atoms with Crippen molar-refractivity contribution in [2.24, 2.45) is 0 Å². The maximum atomic E-state index is 14.5. The van der Waals surface area contributed by atoms with E-state index in [9.17, 15) is 47.6 Å². The topological polar surface area (TPSA) is 150 Å². The highest BCUT2D eigenvalue weighted by atomic mass is 32.3. The third kappa shape index (κ3) is 8.61. The Kier molecular flexibility index (Phi) is 11.6. The minimum atomic E-state index is -6.75. The number of rotatable bonds is 17. The SMILES string of the molecule is CCC(C)c1ccc2cc(CC(OCCCC=O)c3ccc(OS(=O)(=O)C(F)(F)C(F)(F)S(=O)(=O)NS(C)(=O)=O)cc3)ccc2c1. The molecule has 3 rings (SSSR count). The molecule has 0 saturated heterocycles. The van der Waals surface area contributed by atoms with Crippen LogP contribution in [0.2, 0.25) is 0 Å². The minimum absolute atomic E-state index is 0.0913. The molecule has 0 aliphatic heterocycles. The highest BCUT2D eigenvalue weighted by Gasteiger charge is 2.75. The standard InChI is InChI=1S/C29H33F4NO9S3/c1-4-20(2)23-9-10-24-17-21(7-8-25(24)19-23)18-27(42-16-6-5-15-35)22-11-13-26(14-12-22)43-46(40,41)29(32,33)28(30,31)45(38,39)34-44(3,36)37/h7-15,17,19-20,27,34H,4-6,16,18H2,1-3H3. The lowest BCUT2D eigenvalue weighted by molar-refractivity contribution is -0.108. The van der Waals surface area contributed by atoms with Gasteiger partial charge in [-0.15, -0.1) is 4.13 Å². The second kappa shape index (κ2) is 14.3. The first-order valence-electron chi connectivity index (χ1n) is 13.8. The molecule has 0 fully saturated rings. The molecule has 0 radical (unpaired) electrons. The molecule has 0 aliphatic carbocycles. The molecule has 0 bridgehead atoms. The molecule has 2 atom stereocenters. The van der Waals surface area contributed by atoms with E-state index >= 15 is 0 Å². The monoisotopic (exact) mass is 711 g/mol. The first-order valence-corrected chi connectivity index (χ1v) is 18.6. The number of benzene rings is 3. The Balaban J connectivity index is 1.86. The molecule has 1 N–H and O–H groups in total. The van der Waals surface area contributed by atoms with Gasteiger partial charge >= 0.3 is 20.6 Å². The van der Waals surface area contributed by atoms with E-state index < -0.39 is 52.5 Å². The first kappa shape index (κ1) is 37.3. The highest BCUT2D eigenvalue weighted by molar-refractivity contribution is 8.05. The summed E-state index contributed by atoms with van der Waals surface area (Å²) >= 11 is 0. The quantitative estimate of drug-likeness (QED) is 0.0840. The molecule has 3 aromatic carbocycles. The predicted molar refractivity (Wildman–Crippen MR) is 163 cm³/mol. The Labute approximate surface area is 265 Å². The van der Waals surface area contributed by atoms with Crippen molar-refractivity contribution in [1.82, 2.24) is 4.13 Å². The number of hydrogen-bond acceptors (Lipinski definition) is 9. The van der Waals surface area contributed by atoms with Crippen LogP contribution in [-0.4, -0.2) is 54.9 Å². The highest BCUT2D eigenvalue weighted by Crippen LogP contribution is 2.43. The molecule has 46 heavy (non-hydrogen) atoms. The van der Waals surface area contributed by atoms with E-state index in [0.29, 0.717) is 28.5 Å². The first-order chi connectivity index (χ1) is 21.2. The van der Waals surface area contributed by atoms with Gasteiger partial charge in [0.05, 0.1) is 12.4 Å². The Bertz CT molecular complexity index is 1870. The normalized spacial score (nSPS) is 14.6. The molecule has 2 unspecified atom stereocenters. The number of aldehydes is 1. The van der Waals surface area contributed by atoms with Crippen molar-refractivity contribution < 1.29 is 56.5 Å². The number of hydrogen-bond donors (Lipinski definition) is 1. The van der Waals surface area contributed by atoms with Gasteiger partial charge in [-0.05, 0) is 58.4 Å². The van der Waals surface area contributed by atoms with Crippen molar-refractivity contribution in [2.45, 2.75) is 62.1 Å². The van der Waals surface area contributed by atoms with E-state index in [0.717, 1.165) is 41.2 Å². The Hall–Kier alpha value is -3.12. The number of nitrogens with one attached hydrogen (secondary N) is 1.